The number of aromatic nitrogens is 3. The van der Waals surface area contributed by atoms with Crippen LogP contribution in [0.2, 0.25) is 0 Å². The fourth-order valence-electron chi connectivity index (χ4n) is 1.46. The molecule has 0 aliphatic carbocycles. The molecule has 0 aliphatic rings. The van der Waals surface area contributed by atoms with E-state index in [1.165, 1.54) is 6.92 Å². The number of hydrogen-bond acceptors (Lipinski definition) is 6. The van der Waals surface area contributed by atoms with E-state index in [0.29, 0.717) is 23.4 Å². The molecule has 0 saturated carbocycles. The minimum absolute atomic E-state index is 0.218. The van der Waals surface area contributed by atoms with E-state index in [0.717, 1.165) is 0 Å². The van der Waals surface area contributed by atoms with Crippen LogP contribution in [0.5, 0.6) is 0 Å². The van der Waals surface area contributed by atoms with Gasteiger partial charge in [-0.05, 0) is 13.8 Å². The molecule has 7 heteroatoms. The standard InChI is InChI=1S/C11H14N4O3/c1-6(16)12-9-5-8(15-18-9)11(3,4)10-14-13-7(2)17-10/h5H,1-4H3,(H,12,16). The molecule has 7 nitrogen and oxygen atoms in total. The van der Waals surface area contributed by atoms with Crippen molar-refractivity contribution in [1.82, 2.24) is 15.4 Å². The predicted octanol–water partition coefficient (Wildman–Crippen LogP) is 1.65. The van der Waals surface area contributed by atoms with Crippen LogP contribution in [0.3, 0.4) is 0 Å². The lowest BCUT2D eigenvalue weighted by Gasteiger charge is -2.15. The predicted molar refractivity (Wildman–Crippen MR) is 62.0 cm³/mol. The van der Waals surface area contributed by atoms with Gasteiger partial charge >= 0.3 is 0 Å². The Labute approximate surface area is 104 Å². The number of aryl methyl sites for hydroxylation is 1. The number of rotatable bonds is 3. The van der Waals surface area contributed by atoms with E-state index >= 15 is 0 Å². The molecule has 0 bridgehead atoms. The molecular formula is C11H14N4O3. The molecule has 0 aromatic carbocycles. The zero-order valence-electron chi connectivity index (χ0n) is 10.6. The average molecular weight is 250 g/mol. The maximum Gasteiger partial charge on any atom is 0.231 e. The van der Waals surface area contributed by atoms with Crippen molar-refractivity contribution >= 4 is 11.8 Å². The summed E-state index contributed by atoms with van der Waals surface area (Å²) < 4.78 is 10.4. The molecule has 2 rings (SSSR count). The average Bonchev–Trinajstić information content (AvgIpc) is 2.86. The van der Waals surface area contributed by atoms with Crippen LogP contribution in [-0.2, 0) is 10.2 Å². The van der Waals surface area contributed by atoms with Crippen LogP contribution in [0.1, 0.15) is 38.2 Å². The maximum atomic E-state index is 10.9. The topological polar surface area (TPSA) is 94.1 Å². The summed E-state index contributed by atoms with van der Waals surface area (Å²) in [6.45, 7) is 6.89. The third kappa shape index (κ3) is 2.24. The van der Waals surface area contributed by atoms with Gasteiger partial charge in [0.15, 0.2) is 0 Å². The minimum Gasteiger partial charge on any atom is -0.425 e. The van der Waals surface area contributed by atoms with Gasteiger partial charge in [-0.25, -0.2) is 0 Å². The molecule has 0 saturated heterocycles. The van der Waals surface area contributed by atoms with Gasteiger partial charge in [0, 0.05) is 19.9 Å². The van der Waals surface area contributed by atoms with Gasteiger partial charge < -0.3 is 8.94 Å². The van der Waals surface area contributed by atoms with Crippen molar-refractivity contribution in [2.24, 2.45) is 0 Å². The molecule has 1 N–H and O–H groups in total. The van der Waals surface area contributed by atoms with Gasteiger partial charge in [0.25, 0.3) is 0 Å². The monoisotopic (exact) mass is 250 g/mol. The molecule has 0 aliphatic heterocycles. The van der Waals surface area contributed by atoms with E-state index in [-0.39, 0.29) is 5.91 Å². The van der Waals surface area contributed by atoms with Crippen molar-refractivity contribution in [1.29, 1.82) is 0 Å². The van der Waals surface area contributed by atoms with Crippen LogP contribution in [0.25, 0.3) is 0 Å². The molecule has 0 fully saturated rings. The zero-order chi connectivity index (χ0) is 13.3. The first kappa shape index (κ1) is 12.3. The molecule has 2 heterocycles. The summed E-state index contributed by atoms with van der Waals surface area (Å²) >= 11 is 0. The van der Waals surface area contributed by atoms with Gasteiger partial charge in [-0.3, -0.25) is 10.1 Å². The largest absolute Gasteiger partial charge is 0.425 e. The highest BCUT2D eigenvalue weighted by atomic mass is 16.5. The Kier molecular flexibility index (Phi) is 2.90. The Morgan fingerprint density at radius 1 is 1.39 bits per heavy atom. The van der Waals surface area contributed by atoms with E-state index in [1.54, 1.807) is 13.0 Å². The van der Waals surface area contributed by atoms with Crippen LogP contribution < -0.4 is 5.32 Å². The second kappa shape index (κ2) is 4.25. The summed E-state index contributed by atoms with van der Waals surface area (Å²) in [5.41, 5.74) is 0.0245. The molecule has 1 amide bonds. The summed E-state index contributed by atoms with van der Waals surface area (Å²) in [7, 11) is 0. The van der Waals surface area contributed by atoms with Crippen LogP contribution >= 0.6 is 0 Å². The highest BCUT2D eigenvalue weighted by Crippen LogP contribution is 2.30. The van der Waals surface area contributed by atoms with Crippen LogP contribution in [0.15, 0.2) is 15.0 Å². The van der Waals surface area contributed by atoms with Crippen molar-refractivity contribution in [2.75, 3.05) is 5.32 Å². The molecule has 0 unspecified atom stereocenters. The van der Waals surface area contributed by atoms with Gasteiger partial charge in [-0.2, -0.15) is 0 Å². The normalized spacial score (nSPS) is 11.6. The number of carbonyl (C=O) groups excluding carboxylic acids is 1. The van der Waals surface area contributed by atoms with Crippen molar-refractivity contribution < 1.29 is 13.7 Å². The van der Waals surface area contributed by atoms with Crippen LogP contribution in [-0.4, -0.2) is 21.3 Å². The van der Waals surface area contributed by atoms with Crippen LogP contribution in [0.4, 0.5) is 5.88 Å². The van der Waals surface area contributed by atoms with Gasteiger partial charge in [0.1, 0.15) is 5.69 Å². The summed E-state index contributed by atoms with van der Waals surface area (Å²) in [4.78, 5) is 10.9. The molecule has 0 spiro atoms. The Bertz CT molecular complexity index is 570. The van der Waals surface area contributed by atoms with E-state index < -0.39 is 5.41 Å². The first-order chi connectivity index (χ1) is 8.39. The molecule has 2 aromatic rings. The molecule has 18 heavy (non-hydrogen) atoms. The van der Waals surface area contributed by atoms with Gasteiger partial charge in [-0.1, -0.05) is 5.16 Å². The quantitative estimate of drug-likeness (QED) is 0.890. The van der Waals surface area contributed by atoms with Gasteiger partial charge in [0.2, 0.25) is 23.6 Å². The number of anilines is 1. The number of carbonyl (C=O) groups is 1. The Morgan fingerprint density at radius 3 is 2.67 bits per heavy atom. The second-order valence-corrected chi connectivity index (χ2v) is 4.51. The molecule has 96 valence electrons. The fourth-order valence-corrected chi connectivity index (χ4v) is 1.46. The SMILES string of the molecule is CC(=O)Nc1cc(C(C)(C)c2nnc(C)o2)no1. The maximum absolute atomic E-state index is 10.9. The Hall–Kier alpha value is -2.18. The summed E-state index contributed by atoms with van der Waals surface area (Å²) in [5.74, 6) is 1.01. The lowest BCUT2D eigenvalue weighted by molar-refractivity contribution is -0.114. The summed E-state index contributed by atoms with van der Waals surface area (Å²) in [6.07, 6.45) is 0. The minimum atomic E-state index is -0.582. The summed E-state index contributed by atoms with van der Waals surface area (Å²) in [5, 5.41) is 14.2. The van der Waals surface area contributed by atoms with Crippen molar-refractivity contribution in [3.63, 3.8) is 0 Å². The third-order valence-corrected chi connectivity index (χ3v) is 2.51. The van der Waals surface area contributed by atoms with E-state index in [9.17, 15) is 4.79 Å². The second-order valence-electron chi connectivity index (χ2n) is 4.51. The van der Waals surface area contributed by atoms with Gasteiger partial charge in [0.05, 0.1) is 5.41 Å². The van der Waals surface area contributed by atoms with E-state index in [1.807, 2.05) is 13.8 Å². The molecule has 0 atom stereocenters. The number of nitrogens with zero attached hydrogens (tertiary/aromatic N) is 3. The smallest absolute Gasteiger partial charge is 0.231 e. The Balaban J connectivity index is 2.29. The number of nitrogens with one attached hydrogen (secondary N) is 1. The Morgan fingerprint density at radius 2 is 2.11 bits per heavy atom. The highest BCUT2D eigenvalue weighted by molar-refractivity contribution is 5.87. The van der Waals surface area contributed by atoms with E-state index in [4.69, 9.17) is 8.94 Å². The van der Waals surface area contributed by atoms with Gasteiger partial charge in [-0.15, -0.1) is 10.2 Å². The van der Waals surface area contributed by atoms with Crippen LogP contribution in [0, 0.1) is 6.92 Å². The zero-order valence-corrected chi connectivity index (χ0v) is 10.6. The fraction of sp³-hybridized carbons (Fsp3) is 0.455. The number of amides is 1. The number of hydrogen-bond donors (Lipinski definition) is 1. The first-order valence-corrected chi connectivity index (χ1v) is 5.45. The lowest BCUT2D eigenvalue weighted by Crippen LogP contribution is -2.20. The first-order valence-electron chi connectivity index (χ1n) is 5.45. The lowest BCUT2D eigenvalue weighted by atomic mass is 9.89. The van der Waals surface area contributed by atoms with Crippen molar-refractivity contribution in [2.45, 2.75) is 33.1 Å². The van der Waals surface area contributed by atoms with Crippen molar-refractivity contribution in [3.8, 4) is 0 Å². The third-order valence-electron chi connectivity index (χ3n) is 2.51. The summed E-state index contributed by atoms with van der Waals surface area (Å²) in [6, 6.07) is 1.64. The van der Waals surface area contributed by atoms with Crippen molar-refractivity contribution in [3.05, 3.63) is 23.5 Å². The molecule has 2 aromatic heterocycles. The molecule has 0 radical (unpaired) electrons. The molecular weight excluding hydrogens is 236 g/mol. The van der Waals surface area contributed by atoms with E-state index in [2.05, 4.69) is 20.7 Å². The highest BCUT2D eigenvalue weighted by Gasteiger charge is 2.33.